The molecule has 0 spiro atoms. The van der Waals surface area contributed by atoms with E-state index in [2.05, 4.69) is 28.5 Å². The third kappa shape index (κ3) is 2.65. The van der Waals surface area contributed by atoms with Crippen molar-refractivity contribution in [3.63, 3.8) is 0 Å². The number of rotatable bonds is 3. The molecule has 0 amide bonds. The van der Waals surface area contributed by atoms with Gasteiger partial charge in [0.15, 0.2) is 5.11 Å². The third-order valence-corrected chi connectivity index (χ3v) is 3.81. The number of nitrogens with one attached hydrogen (secondary N) is 1. The Kier molecular flexibility index (Phi) is 3.65. The van der Waals surface area contributed by atoms with Gasteiger partial charge in [0.2, 0.25) is 0 Å². The van der Waals surface area contributed by atoms with Crippen LogP contribution in [0.15, 0.2) is 53.1 Å². The lowest BCUT2D eigenvalue weighted by Gasteiger charge is -2.26. The lowest BCUT2D eigenvalue weighted by molar-refractivity contribution is 0.415. The number of nitrogens with zero attached hydrogens (tertiary/aromatic N) is 1. The number of allylic oxidation sites excluding steroid dienone is 3. The Morgan fingerprint density at radius 3 is 2.75 bits per heavy atom. The van der Waals surface area contributed by atoms with E-state index in [0.717, 1.165) is 29.9 Å². The quantitative estimate of drug-likeness (QED) is 0.866. The van der Waals surface area contributed by atoms with E-state index in [9.17, 15) is 0 Å². The first-order chi connectivity index (χ1) is 9.76. The van der Waals surface area contributed by atoms with E-state index >= 15 is 0 Å². The van der Waals surface area contributed by atoms with Crippen LogP contribution >= 0.6 is 12.2 Å². The van der Waals surface area contributed by atoms with Gasteiger partial charge < -0.3 is 10.1 Å². The molecule has 20 heavy (non-hydrogen) atoms. The van der Waals surface area contributed by atoms with E-state index in [1.165, 1.54) is 5.57 Å². The van der Waals surface area contributed by atoms with Crippen molar-refractivity contribution >= 4 is 23.0 Å². The Morgan fingerprint density at radius 2 is 2.10 bits per heavy atom. The number of aliphatic imine (C=N–C) groups is 1. The van der Waals surface area contributed by atoms with Crippen LogP contribution in [-0.2, 0) is 0 Å². The monoisotopic (exact) mass is 284 g/mol. The van der Waals surface area contributed by atoms with Gasteiger partial charge in [-0.1, -0.05) is 18.2 Å². The van der Waals surface area contributed by atoms with Gasteiger partial charge in [-0.2, -0.15) is 0 Å². The van der Waals surface area contributed by atoms with E-state index in [1.54, 1.807) is 7.11 Å². The minimum absolute atomic E-state index is 0.257. The van der Waals surface area contributed by atoms with Gasteiger partial charge in [-0.05, 0) is 54.0 Å². The van der Waals surface area contributed by atoms with Crippen molar-refractivity contribution in [3.8, 4) is 5.75 Å². The molecule has 0 fully saturated rings. The summed E-state index contributed by atoms with van der Waals surface area (Å²) in [5.74, 6) is 0.852. The molecule has 1 N–H and O–H groups in total. The molecule has 1 heterocycles. The molecule has 1 aliphatic carbocycles. The summed E-state index contributed by atoms with van der Waals surface area (Å²) in [6, 6.07) is 8.23. The van der Waals surface area contributed by atoms with Crippen LogP contribution in [0.25, 0.3) is 0 Å². The smallest absolute Gasteiger partial charge is 0.193 e. The fourth-order valence-corrected chi connectivity index (χ4v) is 2.76. The summed E-state index contributed by atoms with van der Waals surface area (Å²) in [5.41, 5.74) is 3.51. The van der Waals surface area contributed by atoms with Crippen LogP contribution in [0.2, 0.25) is 0 Å². The predicted octanol–water partition coefficient (Wildman–Crippen LogP) is 3.02. The molecule has 0 radical (unpaired) electrons. The molecule has 0 saturated carbocycles. The summed E-state index contributed by atoms with van der Waals surface area (Å²) in [6.07, 6.45) is 8.28. The highest BCUT2D eigenvalue weighted by Gasteiger charge is 2.23. The van der Waals surface area contributed by atoms with Gasteiger partial charge in [-0.15, -0.1) is 0 Å². The molecule has 0 bridgehead atoms. The molecule has 1 unspecified atom stereocenters. The zero-order valence-corrected chi connectivity index (χ0v) is 12.1. The fraction of sp³-hybridized carbons (Fsp3) is 0.250. The summed E-state index contributed by atoms with van der Waals surface area (Å²) in [5, 5.41) is 3.86. The number of thiocarbonyl (C=S) groups is 1. The normalized spacial score (nSPS) is 21.2. The molecule has 1 aliphatic heterocycles. The van der Waals surface area contributed by atoms with Crippen LogP contribution in [0.3, 0.4) is 0 Å². The number of methoxy groups -OCH3 is 1. The summed E-state index contributed by atoms with van der Waals surface area (Å²) in [7, 11) is 1.67. The number of ether oxygens (including phenoxy) is 1. The number of benzene rings is 1. The third-order valence-electron chi connectivity index (χ3n) is 3.60. The molecule has 3 nitrogen and oxygen atoms in total. The second-order valence-corrected chi connectivity index (χ2v) is 5.25. The highest BCUT2D eigenvalue weighted by atomic mass is 32.1. The summed E-state index contributed by atoms with van der Waals surface area (Å²) in [4.78, 5) is 4.48. The zero-order valence-electron chi connectivity index (χ0n) is 11.3. The maximum absolute atomic E-state index is 5.27. The van der Waals surface area contributed by atoms with Crippen LogP contribution in [0.5, 0.6) is 5.75 Å². The first-order valence-corrected chi connectivity index (χ1v) is 7.05. The molecule has 1 aromatic carbocycles. The van der Waals surface area contributed by atoms with E-state index < -0.39 is 0 Å². The van der Waals surface area contributed by atoms with Crippen LogP contribution in [0.4, 0.5) is 0 Å². The standard InChI is InChI=1S/C16H16N2OS/c1-19-13-8-6-12(7-9-13)15-10-14(17-16(20)18-15)11-4-2-3-5-11/h2-4,6-9,14H,5,10H2,1H3,(H,17,20). The molecule has 2 aliphatic rings. The molecular weight excluding hydrogens is 268 g/mol. The summed E-state index contributed by atoms with van der Waals surface area (Å²) < 4.78 is 5.18. The van der Waals surface area contributed by atoms with E-state index in [1.807, 2.05) is 24.3 Å². The minimum atomic E-state index is 0.257. The van der Waals surface area contributed by atoms with Gasteiger partial charge in [-0.3, -0.25) is 0 Å². The van der Waals surface area contributed by atoms with Crippen molar-refractivity contribution in [1.82, 2.24) is 5.32 Å². The van der Waals surface area contributed by atoms with Gasteiger partial charge in [-0.25, -0.2) is 4.99 Å². The Hall–Kier alpha value is -1.94. The Labute approximate surface area is 124 Å². The molecule has 0 aromatic heterocycles. The molecule has 102 valence electrons. The second kappa shape index (κ2) is 5.59. The Balaban J connectivity index is 1.82. The highest BCUT2D eigenvalue weighted by molar-refractivity contribution is 7.80. The van der Waals surface area contributed by atoms with Gasteiger partial charge in [0.1, 0.15) is 5.75 Å². The van der Waals surface area contributed by atoms with E-state index in [4.69, 9.17) is 17.0 Å². The summed E-state index contributed by atoms with van der Waals surface area (Å²) >= 11 is 5.27. The lowest BCUT2D eigenvalue weighted by Crippen LogP contribution is -2.40. The first kappa shape index (κ1) is 13.1. The zero-order chi connectivity index (χ0) is 13.9. The Morgan fingerprint density at radius 1 is 1.30 bits per heavy atom. The first-order valence-electron chi connectivity index (χ1n) is 6.64. The summed E-state index contributed by atoms with van der Waals surface area (Å²) in [6.45, 7) is 0. The number of hydrogen-bond donors (Lipinski definition) is 1. The average Bonchev–Trinajstić information content (AvgIpc) is 3.01. The van der Waals surface area contributed by atoms with Crippen molar-refractivity contribution < 1.29 is 4.74 Å². The average molecular weight is 284 g/mol. The van der Waals surface area contributed by atoms with Gasteiger partial charge >= 0.3 is 0 Å². The van der Waals surface area contributed by atoms with Gasteiger partial charge in [0.05, 0.1) is 18.9 Å². The molecule has 1 aromatic rings. The second-order valence-electron chi connectivity index (χ2n) is 4.87. The van der Waals surface area contributed by atoms with Crippen molar-refractivity contribution in [2.45, 2.75) is 18.9 Å². The van der Waals surface area contributed by atoms with E-state index in [-0.39, 0.29) is 6.04 Å². The van der Waals surface area contributed by atoms with Crippen LogP contribution in [0.1, 0.15) is 18.4 Å². The Bertz CT molecular complexity index is 614. The SMILES string of the molecule is COc1ccc(C2=NC(=S)NC(C3=CC=CC3)C2)cc1. The van der Waals surface area contributed by atoms with Crippen molar-refractivity contribution in [3.05, 3.63) is 53.6 Å². The topological polar surface area (TPSA) is 33.6 Å². The molecular formula is C16H16N2OS. The van der Waals surface area contributed by atoms with Crippen LogP contribution < -0.4 is 10.1 Å². The lowest BCUT2D eigenvalue weighted by atomic mass is 9.95. The van der Waals surface area contributed by atoms with Crippen molar-refractivity contribution in [2.75, 3.05) is 7.11 Å². The molecule has 0 saturated heterocycles. The van der Waals surface area contributed by atoms with Gasteiger partial charge in [0, 0.05) is 6.42 Å². The van der Waals surface area contributed by atoms with E-state index in [0.29, 0.717) is 5.11 Å². The van der Waals surface area contributed by atoms with Crippen molar-refractivity contribution in [2.24, 2.45) is 4.99 Å². The molecule has 3 rings (SSSR count). The maximum Gasteiger partial charge on any atom is 0.193 e. The maximum atomic E-state index is 5.27. The highest BCUT2D eigenvalue weighted by Crippen LogP contribution is 2.23. The fourth-order valence-electron chi connectivity index (χ4n) is 2.51. The minimum Gasteiger partial charge on any atom is -0.497 e. The largest absolute Gasteiger partial charge is 0.497 e. The number of hydrogen-bond acceptors (Lipinski definition) is 2. The van der Waals surface area contributed by atoms with Gasteiger partial charge in [0.25, 0.3) is 0 Å². The molecule has 4 heteroatoms. The predicted molar refractivity (Wildman–Crippen MR) is 85.5 cm³/mol. The van der Waals surface area contributed by atoms with Crippen molar-refractivity contribution in [1.29, 1.82) is 0 Å². The van der Waals surface area contributed by atoms with Crippen LogP contribution in [-0.4, -0.2) is 24.0 Å². The van der Waals surface area contributed by atoms with Crippen LogP contribution in [0, 0.1) is 0 Å². The molecule has 1 atom stereocenters.